The molecule has 0 aliphatic rings. The largest absolute Gasteiger partial charge is 0.481 e. The third-order valence-corrected chi connectivity index (χ3v) is 3.98. The number of hydrogen-bond donors (Lipinski definition) is 1. The Labute approximate surface area is 155 Å². The summed E-state index contributed by atoms with van der Waals surface area (Å²) < 4.78 is 11.2. The lowest BCUT2D eigenvalue weighted by molar-refractivity contribution is -0.127. The van der Waals surface area contributed by atoms with Gasteiger partial charge in [-0.25, -0.2) is 0 Å². The summed E-state index contributed by atoms with van der Waals surface area (Å²) in [4.78, 5) is 14.3. The van der Waals surface area contributed by atoms with Crippen molar-refractivity contribution < 1.29 is 13.9 Å². The fourth-order valence-electron chi connectivity index (χ4n) is 2.42. The third kappa shape index (κ3) is 6.11. The van der Waals surface area contributed by atoms with Crippen LogP contribution in [0.25, 0.3) is 0 Å². The molecule has 0 saturated heterocycles. The third-order valence-electron chi connectivity index (χ3n) is 3.98. The molecule has 1 N–H and O–H groups in total. The van der Waals surface area contributed by atoms with Gasteiger partial charge < -0.3 is 14.5 Å². The van der Waals surface area contributed by atoms with Gasteiger partial charge in [0.1, 0.15) is 11.5 Å². The Hall–Kier alpha value is -1.98. The molecule has 0 fully saturated rings. The molecule has 0 saturated carbocycles. The molecule has 25 heavy (non-hydrogen) atoms. The molecule has 1 amide bonds. The van der Waals surface area contributed by atoms with Crippen molar-refractivity contribution in [1.82, 2.24) is 10.2 Å². The number of rotatable bonds is 8. The van der Waals surface area contributed by atoms with Crippen LogP contribution in [0.15, 0.2) is 47.1 Å². The summed E-state index contributed by atoms with van der Waals surface area (Å²) in [5.74, 6) is 1.38. The first kappa shape index (κ1) is 21.1. The van der Waals surface area contributed by atoms with Crippen LogP contribution in [-0.2, 0) is 11.2 Å². The first-order valence-corrected chi connectivity index (χ1v) is 8.24. The van der Waals surface area contributed by atoms with Gasteiger partial charge in [0.15, 0.2) is 6.10 Å². The van der Waals surface area contributed by atoms with Gasteiger partial charge in [-0.05, 0) is 57.3 Å². The molecule has 0 radical (unpaired) electrons. The zero-order valence-corrected chi connectivity index (χ0v) is 16.0. The molecule has 1 heterocycles. The lowest BCUT2D eigenvalue weighted by atomic mass is 10.2. The van der Waals surface area contributed by atoms with Gasteiger partial charge >= 0.3 is 0 Å². The Morgan fingerprint density at radius 3 is 2.44 bits per heavy atom. The molecule has 0 spiro atoms. The summed E-state index contributed by atoms with van der Waals surface area (Å²) in [7, 11) is 3.91. The maximum Gasteiger partial charge on any atom is 0.260 e. The Balaban J connectivity index is 0.00000312. The van der Waals surface area contributed by atoms with Gasteiger partial charge in [-0.3, -0.25) is 9.69 Å². The summed E-state index contributed by atoms with van der Waals surface area (Å²) in [6, 6.07) is 11.6. The SMILES string of the molecule is CCc1ccc(OC(C)C(=O)NCC(c2ccco2)N(C)C)cc1.Cl. The van der Waals surface area contributed by atoms with Gasteiger partial charge in [0.05, 0.1) is 12.3 Å². The topological polar surface area (TPSA) is 54.7 Å². The predicted molar refractivity (Wildman–Crippen MR) is 101 cm³/mol. The molecule has 1 aromatic carbocycles. The number of hydrogen-bond acceptors (Lipinski definition) is 4. The second-order valence-corrected chi connectivity index (χ2v) is 6.00. The minimum Gasteiger partial charge on any atom is -0.481 e. The van der Waals surface area contributed by atoms with E-state index in [4.69, 9.17) is 9.15 Å². The van der Waals surface area contributed by atoms with E-state index < -0.39 is 6.10 Å². The number of nitrogens with zero attached hydrogens (tertiary/aromatic N) is 1. The Morgan fingerprint density at radius 1 is 1.24 bits per heavy atom. The van der Waals surface area contributed by atoms with Gasteiger partial charge in [-0.1, -0.05) is 19.1 Å². The van der Waals surface area contributed by atoms with E-state index in [-0.39, 0.29) is 24.4 Å². The zero-order chi connectivity index (χ0) is 17.5. The van der Waals surface area contributed by atoms with Crippen LogP contribution in [-0.4, -0.2) is 37.6 Å². The fourth-order valence-corrected chi connectivity index (χ4v) is 2.42. The highest BCUT2D eigenvalue weighted by Gasteiger charge is 2.20. The number of likely N-dealkylation sites (N-methyl/N-ethyl adjacent to an activating group) is 1. The maximum atomic E-state index is 12.3. The first-order valence-electron chi connectivity index (χ1n) is 8.24. The van der Waals surface area contributed by atoms with E-state index in [1.165, 1.54) is 5.56 Å². The van der Waals surface area contributed by atoms with Gasteiger partial charge in [0.2, 0.25) is 0 Å². The molecule has 0 bridgehead atoms. The van der Waals surface area contributed by atoms with Crippen LogP contribution in [0.4, 0.5) is 0 Å². The van der Waals surface area contributed by atoms with Crippen LogP contribution in [0, 0.1) is 0 Å². The number of amides is 1. The highest BCUT2D eigenvalue weighted by atomic mass is 35.5. The molecule has 138 valence electrons. The number of carbonyl (C=O) groups excluding carboxylic acids is 1. The summed E-state index contributed by atoms with van der Waals surface area (Å²) in [5.41, 5.74) is 1.24. The minimum atomic E-state index is -0.558. The number of benzene rings is 1. The van der Waals surface area contributed by atoms with Crippen LogP contribution >= 0.6 is 12.4 Å². The number of ether oxygens (including phenoxy) is 1. The second kappa shape index (κ2) is 10.1. The van der Waals surface area contributed by atoms with Crippen LogP contribution in [0.1, 0.15) is 31.2 Å². The van der Waals surface area contributed by atoms with Gasteiger partial charge in [-0.2, -0.15) is 0 Å². The Bertz CT molecular complexity index is 627. The molecule has 1 aromatic heterocycles. The number of nitrogens with one attached hydrogen (secondary N) is 1. The van der Waals surface area contributed by atoms with E-state index in [0.29, 0.717) is 12.3 Å². The van der Waals surface area contributed by atoms with Crippen molar-refractivity contribution >= 4 is 18.3 Å². The van der Waals surface area contributed by atoms with Gasteiger partial charge in [-0.15, -0.1) is 12.4 Å². The Kier molecular flexibility index (Phi) is 8.52. The molecular weight excluding hydrogens is 340 g/mol. The van der Waals surface area contributed by atoms with E-state index in [0.717, 1.165) is 12.2 Å². The van der Waals surface area contributed by atoms with E-state index >= 15 is 0 Å². The smallest absolute Gasteiger partial charge is 0.260 e. The summed E-state index contributed by atoms with van der Waals surface area (Å²) in [6.45, 7) is 4.31. The van der Waals surface area contributed by atoms with E-state index in [9.17, 15) is 4.79 Å². The normalized spacial score (nSPS) is 13.0. The van der Waals surface area contributed by atoms with Crippen LogP contribution in [0.3, 0.4) is 0 Å². The average molecular weight is 367 g/mol. The molecule has 2 aromatic rings. The van der Waals surface area contributed by atoms with Crippen molar-refractivity contribution in [2.45, 2.75) is 32.4 Å². The van der Waals surface area contributed by atoms with Crippen molar-refractivity contribution in [2.24, 2.45) is 0 Å². The zero-order valence-electron chi connectivity index (χ0n) is 15.2. The van der Waals surface area contributed by atoms with Crippen molar-refractivity contribution in [3.63, 3.8) is 0 Å². The molecule has 0 aliphatic heterocycles. The first-order chi connectivity index (χ1) is 11.5. The number of aryl methyl sites for hydroxylation is 1. The summed E-state index contributed by atoms with van der Waals surface area (Å²) in [6.07, 6.45) is 2.06. The quantitative estimate of drug-likeness (QED) is 0.777. The summed E-state index contributed by atoms with van der Waals surface area (Å²) in [5, 5.41) is 2.93. The fraction of sp³-hybridized carbons (Fsp3) is 0.421. The van der Waals surface area contributed by atoms with E-state index in [1.807, 2.05) is 55.4 Å². The van der Waals surface area contributed by atoms with E-state index in [2.05, 4.69) is 12.2 Å². The highest BCUT2D eigenvalue weighted by molar-refractivity contribution is 5.85. The average Bonchev–Trinajstić information content (AvgIpc) is 3.09. The number of halogens is 1. The number of carbonyl (C=O) groups is 1. The van der Waals surface area contributed by atoms with E-state index in [1.54, 1.807) is 13.2 Å². The van der Waals surface area contributed by atoms with Crippen molar-refractivity contribution in [2.75, 3.05) is 20.6 Å². The molecule has 0 aliphatic carbocycles. The number of furan rings is 1. The van der Waals surface area contributed by atoms with Gasteiger partial charge in [0.25, 0.3) is 5.91 Å². The lowest BCUT2D eigenvalue weighted by Crippen LogP contribution is -2.40. The molecular formula is C19H27ClN2O3. The van der Waals surface area contributed by atoms with Gasteiger partial charge in [0, 0.05) is 6.54 Å². The van der Waals surface area contributed by atoms with Crippen LogP contribution in [0.5, 0.6) is 5.75 Å². The molecule has 2 unspecified atom stereocenters. The lowest BCUT2D eigenvalue weighted by Gasteiger charge is -2.23. The monoisotopic (exact) mass is 366 g/mol. The molecule has 2 rings (SSSR count). The van der Waals surface area contributed by atoms with Crippen LogP contribution < -0.4 is 10.1 Å². The van der Waals surface area contributed by atoms with Crippen molar-refractivity contribution in [3.8, 4) is 5.75 Å². The Morgan fingerprint density at radius 2 is 1.92 bits per heavy atom. The molecule has 6 heteroatoms. The predicted octanol–water partition coefficient (Wildman–Crippen LogP) is 3.45. The highest BCUT2D eigenvalue weighted by Crippen LogP contribution is 2.18. The summed E-state index contributed by atoms with van der Waals surface area (Å²) >= 11 is 0. The molecule has 2 atom stereocenters. The molecule has 5 nitrogen and oxygen atoms in total. The van der Waals surface area contributed by atoms with Crippen molar-refractivity contribution in [3.05, 3.63) is 54.0 Å². The maximum absolute atomic E-state index is 12.3. The van der Waals surface area contributed by atoms with Crippen molar-refractivity contribution in [1.29, 1.82) is 0 Å². The second-order valence-electron chi connectivity index (χ2n) is 6.00. The minimum absolute atomic E-state index is 0. The van der Waals surface area contributed by atoms with Crippen LogP contribution in [0.2, 0.25) is 0 Å². The standard InChI is InChI=1S/C19H26N2O3.ClH/c1-5-15-8-10-16(11-9-15)24-14(2)19(22)20-13-17(21(3)4)18-7-6-12-23-18;/h6-12,14,17H,5,13H2,1-4H3,(H,20,22);1H.